The number of aromatic nitrogens is 3. The number of benzene rings is 1. The van der Waals surface area contributed by atoms with Gasteiger partial charge in [-0.1, -0.05) is 18.2 Å². The maximum atomic E-state index is 12.2. The molecule has 4 rings (SSSR count). The van der Waals surface area contributed by atoms with Crippen LogP contribution in [0.3, 0.4) is 0 Å². The van der Waals surface area contributed by atoms with Gasteiger partial charge in [0.1, 0.15) is 11.4 Å². The lowest BCUT2D eigenvalue weighted by molar-refractivity contribution is 0.0934. The molecule has 23 heavy (non-hydrogen) atoms. The number of imidazole rings is 1. The molecule has 2 aromatic heterocycles. The number of rotatable bonds is 3. The molecule has 0 radical (unpaired) electrons. The minimum absolute atomic E-state index is 0.186. The van der Waals surface area contributed by atoms with Crippen molar-refractivity contribution < 1.29 is 9.53 Å². The second-order valence-electron chi connectivity index (χ2n) is 5.65. The van der Waals surface area contributed by atoms with Gasteiger partial charge in [0.2, 0.25) is 5.78 Å². The number of carbonyl (C=O) groups is 1. The predicted molar refractivity (Wildman–Crippen MR) is 84.5 cm³/mol. The van der Waals surface area contributed by atoms with Crippen LogP contribution in [-0.4, -0.2) is 33.4 Å². The van der Waals surface area contributed by atoms with Gasteiger partial charge < -0.3 is 10.1 Å². The van der Waals surface area contributed by atoms with Gasteiger partial charge in [-0.25, -0.2) is 9.97 Å². The summed E-state index contributed by atoms with van der Waals surface area (Å²) in [6.07, 6.45) is 6.06. The zero-order valence-corrected chi connectivity index (χ0v) is 12.5. The van der Waals surface area contributed by atoms with Gasteiger partial charge in [-0.3, -0.25) is 9.20 Å². The van der Waals surface area contributed by atoms with Crippen molar-refractivity contribution in [3.63, 3.8) is 0 Å². The number of nitrogens with one attached hydrogen (secondary N) is 1. The first-order valence-electron chi connectivity index (χ1n) is 7.58. The third-order valence-electron chi connectivity index (χ3n) is 3.98. The molecule has 1 aromatic carbocycles. The van der Waals surface area contributed by atoms with Crippen LogP contribution in [0, 0.1) is 5.92 Å². The number of carbonyl (C=O) groups excluding carboxylic acids is 1. The summed E-state index contributed by atoms with van der Waals surface area (Å²) in [6, 6.07) is 9.82. The molecule has 1 amide bonds. The second-order valence-corrected chi connectivity index (χ2v) is 5.65. The van der Waals surface area contributed by atoms with Crippen LogP contribution < -0.4 is 10.1 Å². The van der Waals surface area contributed by atoms with Gasteiger partial charge in [-0.15, -0.1) is 0 Å². The van der Waals surface area contributed by atoms with E-state index in [1.54, 1.807) is 22.9 Å². The van der Waals surface area contributed by atoms with Gasteiger partial charge in [0, 0.05) is 31.1 Å². The summed E-state index contributed by atoms with van der Waals surface area (Å²) in [7, 11) is 0. The van der Waals surface area contributed by atoms with Gasteiger partial charge in [-0.05, 0) is 24.1 Å². The summed E-state index contributed by atoms with van der Waals surface area (Å²) >= 11 is 0. The fourth-order valence-corrected chi connectivity index (χ4v) is 2.79. The highest BCUT2D eigenvalue weighted by Crippen LogP contribution is 2.26. The Morgan fingerprint density at radius 3 is 3.17 bits per heavy atom. The Kier molecular flexibility index (Phi) is 3.42. The van der Waals surface area contributed by atoms with Gasteiger partial charge in [0.25, 0.3) is 5.91 Å². The fraction of sp³-hybridized carbons (Fsp3) is 0.235. The summed E-state index contributed by atoms with van der Waals surface area (Å²) in [5, 5.41) is 2.94. The van der Waals surface area contributed by atoms with Crippen molar-refractivity contribution in [2.45, 2.75) is 6.42 Å². The van der Waals surface area contributed by atoms with E-state index in [1.165, 1.54) is 5.56 Å². The van der Waals surface area contributed by atoms with Crippen molar-refractivity contribution >= 4 is 11.7 Å². The Morgan fingerprint density at radius 1 is 1.35 bits per heavy atom. The van der Waals surface area contributed by atoms with E-state index in [0.717, 1.165) is 12.2 Å². The number of ether oxygens (including phenoxy) is 1. The molecule has 1 N–H and O–H groups in total. The van der Waals surface area contributed by atoms with Crippen molar-refractivity contribution in [2.75, 3.05) is 13.2 Å². The van der Waals surface area contributed by atoms with E-state index in [1.807, 2.05) is 24.4 Å². The molecular formula is C17H16N4O2. The largest absolute Gasteiger partial charge is 0.493 e. The highest BCUT2D eigenvalue weighted by atomic mass is 16.5. The molecule has 0 unspecified atom stereocenters. The Bertz CT molecular complexity index is 825. The minimum atomic E-state index is -0.186. The number of amides is 1. The third-order valence-corrected chi connectivity index (χ3v) is 3.98. The Balaban J connectivity index is 1.40. The van der Waals surface area contributed by atoms with Crippen molar-refractivity contribution in [1.29, 1.82) is 0 Å². The molecule has 1 atom stereocenters. The van der Waals surface area contributed by atoms with Crippen LogP contribution in [0.1, 0.15) is 16.1 Å². The van der Waals surface area contributed by atoms with E-state index in [-0.39, 0.29) is 11.8 Å². The highest BCUT2D eigenvalue weighted by molar-refractivity contribution is 5.92. The third kappa shape index (κ3) is 2.75. The van der Waals surface area contributed by atoms with E-state index >= 15 is 0 Å². The zero-order valence-electron chi connectivity index (χ0n) is 12.5. The molecule has 3 heterocycles. The van der Waals surface area contributed by atoms with E-state index in [0.29, 0.717) is 24.6 Å². The molecule has 0 fully saturated rings. The molecule has 1 aliphatic heterocycles. The van der Waals surface area contributed by atoms with E-state index in [9.17, 15) is 4.79 Å². The fourth-order valence-electron chi connectivity index (χ4n) is 2.79. The lowest BCUT2D eigenvalue weighted by Gasteiger charge is -2.25. The maximum Gasteiger partial charge on any atom is 0.271 e. The summed E-state index contributed by atoms with van der Waals surface area (Å²) in [5.41, 5.74) is 1.57. The number of hydrogen-bond acceptors (Lipinski definition) is 4. The molecule has 6 nitrogen and oxygen atoms in total. The quantitative estimate of drug-likeness (QED) is 0.800. The van der Waals surface area contributed by atoms with Crippen molar-refractivity contribution in [1.82, 2.24) is 19.7 Å². The predicted octanol–water partition coefficient (Wildman–Crippen LogP) is 1.71. The summed E-state index contributed by atoms with van der Waals surface area (Å²) in [6.45, 7) is 1.18. The highest BCUT2D eigenvalue weighted by Gasteiger charge is 2.20. The first-order valence-corrected chi connectivity index (χ1v) is 7.58. The number of fused-ring (bicyclic) bond motifs is 2. The Labute approximate surface area is 133 Å². The number of nitrogens with zero attached hydrogens (tertiary/aromatic N) is 3. The molecule has 0 saturated heterocycles. The van der Waals surface area contributed by atoms with Gasteiger partial charge >= 0.3 is 0 Å². The normalized spacial score (nSPS) is 16.6. The molecule has 3 aromatic rings. The zero-order chi connectivity index (χ0) is 15.6. The van der Waals surface area contributed by atoms with Gasteiger partial charge in [0.15, 0.2) is 0 Å². The van der Waals surface area contributed by atoms with Crippen LogP contribution in [0.4, 0.5) is 0 Å². The second kappa shape index (κ2) is 5.72. The van der Waals surface area contributed by atoms with E-state index in [4.69, 9.17) is 4.74 Å². The smallest absolute Gasteiger partial charge is 0.271 e. The van der Waals surface area contributed by atoms with Crippen molar-refractivity contribution in [3.05, 3.63) is 60.2 Å². The number of para-hydroxylation sites is 1. The molecular weight excluding hydrogens is 292 g/mol. The van der Waals surface area contributed by atoms with Crippen LogP contribution in [-0.2, 0) is 6.42 Å². The van der Waals surface area contributed by atoms with Crippen LogP contribution in [0.25, 0.3) is 5.78 Å². The van der Waals surface area contributed by atoms with Crippen LogP contribution in [0.15, 0.2) is 48.9 Å². The first kappa shape index (κ1) is 13.8. The number of hydrogen-bond donors (Lipinski definition) is 1. The molecule has 1 aliphatic rings. The van der Waals surface area contributed by atoms with Gasteiger partial charge in [-0.2, -0.15) is 0 Å². The lowest BCUT2D eigenvalue weighted by Crippen LogP contribution is -2.34. The summed E-state index contributed by atoms with van der Waals surface area (Å²) in [4.78, 5) is 20.6. The molecule has 116 valence electrons. The lowest BCUT2D eigenvalue weighted by atomic mass is 9.97. The van der Waals surface area contributed by atoms with Crippen LogP contribution >= 0.6 is 0 Å². The summed E-state index contributed by atoms with van der Waals surface area (Å²) in [5.74, 6) is 1.55. The first-order chi connectivity index (χ1) is 11.3. The molecule has 0 bridgehead atoms. The van der Waals surface area contributed by atoms with Crippen molar-refractivity contribution in [2.24, 2.45) is 5.92 Å². The molecule has 6 heteroatoms. The minimum Gasteiger partial charge on any atom is -0.493 e. The molecule has 0 spiro atoms. The van der Waals surface area contributed by atoms with Gasteiger partial charge in [0.05, 0.1) is 6.61 Å². The summed E-state index contributed by atoms with van der Waals surface area (Å²) < 4.78 is 7.47. The standard InChI is InChI=1S/C17H16N4O2/c22-16(14-10-21-7-3-6-18-17(21)20-14)19-9-12-8-13-4-1-2-5-15(13)23-11-12/h1-7,10,12H,8-9,11H2,(H,19,22)/t12-/m0/s1. The van der Waals surface area contributed by atoms with E-state index < -0.39 is 0 Å². The Hall–Kier alpha value is -2.89. The molecule has 0 saturated carbocycles. The average Bonchev–Trinajstić information content (AvgIpc) is 3.04. The van der Waals surface area contributed by atoms with Crippen LogP contribution in [0.5, 0.6) is 5.75 Å². The monoisotopic (exact) mass is 308 g/mol. The van der Waals surface area contributed by atoms with E-state index in [2.05, 4.69) is 21.4 Å². The average molecular weight is 308 g/mol. The van der Waals surface area contributed by atoms with Crippen LogP contribution in [0.2, 0.25) is 0 Å². The topological polar surface area (TPSA) is 68.5 Å². The maximum absolute atomic E-state index is 12.2. The van der Waals surface area contributed by atoms with Crippen molar-refractivity contribution in [3.8, 4) is 5.75 Å². The Morgan fingerprint density at radius 2 is 2.26 bits per heavy atom. The molecule has 0 aliphatic carbocycles. The SMILES string of the molecule is O=C(NC[C@H]1COc2ccccc2C1)c1cn2cccnc2n1.